The van der Waals surface area contributed by atoms with Gasteiger partial charge in [-0.05, 0) is 61.3 Å². The summed E-state index contributed by atoms with van der Waals surface area (Å²) in [7, 11) is 0. The molecular formula is C34H30N6. The summed E-state index contributed by atoms with van der Waals surface area (Å²) in [6, 6.07) is 29.6. The maximum Gasteiger partial charge on any atom is 0.137 e. The normalized spacial score (nSPS) is 14.5. The van der Waals surface area contributed by atoms with Crippen molar-refractivity contribution in [2.24, 2.45) is 0 Å². The number of benzene rings is 2. The first-order chi connectivity index (χ1) is 19.8. The van der Waals surface area contributed by atoms with E-state index in [1.165, 1.54) is 11.3 Å². The number of piperidine rings is 1. The predicted octanol–water partition coefficient (Wildman–Crippen LogP) is 6.92. The van der Waals surface area contributed by atoms with Crippen molar-refractivity contribution >= 4 is 10.9 Å². The first kappa shape index (κ1) is 24.4. The molecule has 1 aliphatic heterocycles. The van der Waals surface area contributed by atoms with Crippen LogP contribution in [0.15, 0.2) is 116 Å². The Balaban J connectivity index is 1.05. The van der Waals surface area contributed by atoms with Crippen molar-refractivity contribution in [3.05, 3.63) is 127 Å². The van der Waals surface area contributed by atoms with Gasteiger partial charge in [0.05, 0.1) is 16.9 Å². The minimum atomic E-state index is 0.495. The van der Waals surface area contributed by atoms with Crippen molar-refractivity contribution in [1.29, 1.82) is 0 Å². The van der Waals surface area contributed by atoms with Crippen molar-refractivity contribution < 1.29 is 0 Å². The Morgan fingerprint density at radius 2 is 1.60 bits per heavy atom. The van der Waals surface area contributed by atoms with Gasteiger partial charge in [0.15, 0.2) is 0 Å². The molecule has 40 heavy (non-hydrogen) atoms. The van der Waals surface area contributed by atoms with Crippen LogP contribution in [0.25, 0.3) is 39.1 Å². The van der Waals surface area contributed by atoms with Crippen molar-refractivity contribution in [2.75, 3.05) is 13.1 Å². The van der Waals surface area contributed by atoms with Gasteiger partial charge in [-0.25, -0.2) is 15.0 Å². The molecule has 5 heterocycles. The third kappa shape index (κ3) is 5.01. The van der Waals surface area contributed by atoms with Gasteiger partial charge in [-0.3, -0.25) is 14.5 Å². The molecule has 1 aliphatic rings. The van der Waals surface area contributed by atoms with Crippen molar-refractivity contribution in [1.82, 2.24) is 29.4 Å². The molecule has 1 saturated heterocycles. The van der Waals surface area contributed by atoms with Crippen LogP contribution in [0.5, 0.6) is 0 Å². The Hall–Kier alpha value is -4.68. The standard InChI is InChI=1S/C34H30N6/c1-2-6-26(7-3-1)30-20-29-21-35-17-13-31(29)38-34(30)28-11-9-25(10-12-28)22-39-18-14-27(15-19-39)32-23-40(24-37-32)33-8-4-5-16-36-33/h1-13,16-17,20-21,23-24,27H,14-15,18-19,22H2. The molecule has 0 bridgehead atoms. The lowest BCUT2D eigenvalue weighted by Crippen LogP contribution is -2.32. The molecule has 0 atom stereocenters. The number of hydrogen-bond acceptors (Lipinski definition) is 5. The molecule has 1 fully saturated rings. The quantitative estimate of drug-likeness (QED) is 0.238. The highest BCUT2D eigenvalue weighted by atomic mass is 15.1. The zero-order chi connectivity index (χ0) is 26.7. The zero-order valence-electron chi connectivity index (χ0n) is 22.3. The molecule has 0 saturated carbocycles. The number of pyridine rings is 3. The van der Waals surface area contributed by atoms with Gasteiger partial charge in [-0.15, -0.1) is 0 Å². The third-order valence-electron chi connectivity index (χ3n) is 7.86. The van der Waals surface area contributed by atoms with E-state index in [-0.39, 0.29) is 0 Å². The fourth-order valence-electron chi connectivity index (χ4n) is 5.67. The molecule has 6 nitrogen and oxygen atoms in total. The second-order valence-electron chi connectivity index (χ2n) is 10.5. The van der Waals surface area contributed by atoms with Gasteiger partial charge >= 0.3 is 0 Å². The molecule has 0 radical (unpaired) electrons. The number of nitrogens with zero attached hydrogens (tertiary/aromatic N) is 6. The fraction of sp³-hybridized carbons (Fsp3) is 0.176. The van der Waals surface area contributed by atoms with E-state index in [9.17, 15) is 0 Å². The van der Waals surface area contributed by atoms with E-state index in [4.69, 9.17) is 9.97 Å². The summed E-state index contributed by atoms with van der Waals surface area (Å²) in [5.41, 5.74) is 7.87. The van der Waals surface area contributed by atoms with Gasteiger partial charge in [0.2, 0.25) is 0 Å². The van der Waals surface area contributed by atoms with E-state index in [0.29, 0.717) is 5.92 Å². The van der Waals surface area contributed by atoms with Gasteiger partial charge < -0.3 is 0 Å². The molecule has 6 aromatic rings. The van der Waals surface area contributed by atoms with Gasteiger partial charge in [0.1, 0.15) is 12.1 Å². The molecule has 0 aliphatic carbocycles. The average Bonchev–Trinajstić information content (AvgIpc) is 3.53. The maximum atomic E-state index is 5.06. The van der Waals surface area contributed by atoms with Crippen molar-refractivity contribution in [2.45, 2.75) is 25.3 Å². The van der Waals surface area contributed by atoms with Gasteiger partial charge in [0.25, 0.3) is 0 Å². The molecule has 4 aromatic heterocycles. The van der Waals surface area contributed by atoms with Crippen LogP contribution in [0.2, 0.25) is 0 Å². The van der Waals surface area contributed by atoms with Crippen LogP contribution >= 0.6 is 0 Å². The summed E-state index contributed by atoms with van der Waals surface area (Å²) >= 11 is 0. The Morgan fingerprint density at radius 1 is 0.775 bits per heavy atom. The highest BCUT2D eigenvalue weighted by Crippen LogP contribution is 2.34. The van der Waals surface area contributed by atoms with Gasteiger partial charge in [-0.2, -0.15) is 0 Å². The monoisotopic (exact) mass is 522 g/mol. The maximum absolute atomic E-state index is 5.06. The summed E-state index contributed by atoms with van der Waals surface area (Å²) in [5, 5.41) is 1.05. The molecule has 7 rings (SSSR count). The van der Waals surface area contributed by atoms with E-state index in [1.54, 1.807) is 6.20 Å². The first-order valence-corrected chi connectivity index (χ1v) is 13.9. The van der Waals surface area contributed by atoms with Gasteiger partial charge in [0, 0.05) is 53.8 Å². The molecule has 0 N–H and O–H groups in total. The Bertz CT molecular complexity index is 1720. The lowest BCUT2D eigenvalue weighted by atomic mass is 9.93. The predicted molar refractivity (Wildman–Crippen MR) is 159 cm³/mol. The summed E-state index contributed by atoms with van der Waals surface area (Å²) in [5.74, 6) is 1.41. The fourth-order valence-corrected chi connectivity index (χ4v) is 5.67. The Morgan fingerprint density at radius 3 is 2.40 bits per heavy atom. The van der Waals surface area contributed by atoms with Gasteiger partial charge in [-0.1, -0.05) is 60.7 Å². The number of imidazole rings is 1. The largest absolute Gasteiger partial charge is 0.299 e. The summed E-state index contributed by atoms with van der Waals surface area (Å²) in [4.78, 5) is 21.1. The van der Waals surface area contributed by atoms with E-state index >= 15 is 0 Å². The first-order valence-electron chi connectivity index (χ1n) is 13.9. The number of likely N-dealkylation sites (tertiary alicyclic amines) is 1. The van der Waals surface area contributed by atoms with E-state index in [0.717, 1.165) is 71.6 Å². The van der Waals surface area contributed by atoms with E-state index < -0.39 is 0 Å². The van der Waals surface area contributed by atoms with Crippen molar-refractivity contribution in [3.8, 4) is 28.2 Å². The molecule has 0 amide bonds. The highest BCUT2D eigenvalue weighted by molar-refractivity contribution is 5.91. The lowest BCUT2D eigenvalue weighted by Gasteiger charge is -2.31. The Kier molecular flexibility index (Phi) is 6.60. The number of aromatic nitrogens is 5. The van der Waals surface area contributed by atoms with E-state index in [2.05, 4.69) is 75.7 Å². The smallest absolute Gasteiger partial charge is 0.137 e. The third-order valence-corrected chi connectivity index (χ3v) is 7.86. The Labute approximate surface area is 234 Å². The lowest BCUT2D eigenvalue weighted by molar-refractivity contribution is 0.203. The molecule has 6 heteroatoms. The minimum absolute atomic E-state index is 0.495. The zero-order valence-corrected chi connectivity index (χ0v) is 22.3. The van der Waals surface area contributed by atoms with Crippen LogP contribution in [0.3, 0.4) is 0 Å². The number of hydrogen-bond donors (Lipinski definition) is 0. The molecule has 0 spiro atoms. The second-order valence-corrected chi connectivity index (χ2v) is 10.5. The highest BCUT2D eigenvalue weighted by Gasteiger charge is 2.23. The minimum Gasteiger partial charge on any atom is -0.299 e. The van der Waals surface area contributed by atoms with Crippen LogP contribution in [0, 0.1) is 0 Å². The molecule has 196 valence electrons. The summed E-state index contributed by atoms with van der Waals surface area (Å²) < 4.78 is 2.02. The second kappa shape index (κ2) is 10.8. The molecular weight excluding hydrogens is 492 g/mol. The number of rotatable bonds is 6. The molecule has 2 aromatic carbocycles. The number of fused-ring (bicyclic) bond motifs is 1. The van der Waals surface area contributed by atoms with Crippen LogP contribution < -0.4 is 0 Å². The van der Waals surface area contributed by atoms with E-state index in [1.807, 2.05) is 53.6 Å². The summed E-state index contributed by atoms with van der Waals surface area (Å²) in [6.45, 7) is 3.10. The SMILES string of the molecule is c1ccc(-c2cc3cnccc3nc2-c2ccc(CN3CCC(c4cn(-c5ccccn5)cn4)CC3)cc2)cc1. The van der Waals surface area contributed by atoms with Crippen LogP contribution in [-0.4, -0.2) is 42.5 Å². The van der Waals surface area contributed by atoms with Crippen LogP contribution in [0.4, 0.5) is 0 Å². The van der Waals surface area contributed by atoms with Crippen LogP contribution in [0.1, 0.15) is 30.0 Å². The average molecular weight is 523 g/mol. The van der Waals surface area contributed by atoms with Crippen LogP contribution in [-0.2, 0) is 6.54 Å². The topological polar surface area (TPSA) is 59.7 Å². The summed E-state index contributed by atoms with van der Waals surface area (Å²) in [6.07, 6.45) is 11.8. The van der Waals surface area contributed by atoms with Crippen molar-refractivity contribution in [3.63, 3.8) is 0 Å². The molecule has 0 unspecified atom stereocenters.